The molecular formula is C39H25NO2. The quantitative estimate of drug-likeness (QED) is 0.221. The second-order valence-corrected chi connectivity index (χ2v) is 10.2. The smallest absolute Gasteiger partial charge is 0.195 e. The van der Waals surface area contributed by atoms with Crippen LogP contribution in [0.25, 0.3) is 33.2 Å². The summed E-state index contributed by atoms with van der Waals surface area (Å²) in [6.45, 7) is 0. The van der Waals surface area contributed by atoms with E-state index >= 15 is 0 Å². The van der Waals surface area contributed by atoms with Gasteiger partial charge in [0.05, 0.1) is 5.56 Å². The van der Waals surface area contributed by atoms with Crippen molar-refractivity contribution in [3.63, 3.8) is 0 Å². The first kappa shape index (κ1) is 25.1. The first-order valence-corrected chi connectivity index (χ1v) is 13.8. The summed E-state index contributed by atoms with van der Waals surface area (Å²) >= 11 is 0. The van der Waals surface area contributed by atoms with Gasteiger partial charge in [0.1, 0.15) is 5.75 Å². The Balaban J connectivity index is 1.39. The maximum atomic E-state index is 14.4. The number of rotatable bonds is 4. The van der Waals surface area contributed by atoms with E-state index in [4.69, 9.17) is 0 Å². The van der Waals surface area contributed by atoms with Crippen molar-refractivity contribution in [1.29, 1.82) is 0 Å². The van der Waals surface area contributed by atoms with E-state index in [0.29, 0.717) is 11.1 Å². The summed E-state index contributed by atoms with van der Waals surface area (Å²) < 4.78 is 0. The number of carbonyl (C=O) groups excluding carboxylic acids is 1. The lowest BCUT2D eigenvalue weighted by atomic mass is 9.89. The van der Waals surface area contributed by atoms with Crippen LogP contribution in [0.4, 0.5) is 0 Å². The SMILES string of the molecule is O=C1C(c2ccccc2)=C(c2ccc(O)cc2)C(c2ccc(C#Cc3c[nH]c4ccccc34)cc2)=C1c1ccccc1. The van der Waals surface area contributed by atoms with Gasteiger partial charge in [-0.1, -0.05) is 115 Å². The molecule has 3 nitrogen and oxygen atoms in total. The number of para-hydroxylation sites is 1. The third-order valence-corrected chi connectivity index (χ3v) is 7.59. The lowest BCUT2D eigenvalue weighted by molar-refractivity contribution is -0.108. The highest BCUT2D eigenvalue weighted by molar-refractivity contribution is 6.59. The van der Waals surface area contributed by atoms with Gasteiger partial charge in [0.2, 0.25) is 0 Å². The minimum atomic E-state index is -0.0197. The van der Waals surface area contributed by atoms with Crippen LogP contribution in [0, 0.1) is 11.8 Å². The Hall–Kier alpha value is -5.85. The largest absolute Gasteiger partial charge is 0.508 e. The zero-order valence-corrected chi connectivity index (χ0v) is 22.6. The number of carbonyl (C=O) groups is 1. The number of benzene rings is 5. The molecule has 0 saturated heterocycles. The summed E-state index contributed by atoms with van der Waals surface area (Å²) in [4.78, 5) is 17.6. The number of phenols is 1. The molecule has 1 heterocycles. The molecule has 7 rings (SSSR count). The Kier molecular flexibility index (Phi) is 6.35. The molecule has 0 fully saturated rings. The monoisotopic (exact) mass is 539 g/mol. The summed E-state index contributed by atoms with van der Waals surface area (Å²) in [6, 6.07) is 42.9. The van der Waals surface area contributed by atoms with E-state index in [1.54, 1.807) is 12.1 Å². The number of allylic oxidation sites excluding steroid dienone is 4. The molecule has 0 bridgehead atoms. The molecule has 42 heavy (non-hydrogen) atoms. The summed E-state index contributed by atoms with van der Waals surface area (Å²) in [5, 5.41) is 11.1. The number of fused-ring (bicyclic) bond motifs is 1. The molecular weight excluding hydrogens is 514 g/mol. The van der Waals surface area contributed by atoms with Gasteiger partial charge in [-0.25, -0.2) is 0 Å². The number of aromatic amines is 1. The minimum absolute atomic E-state index is 0.0197. The lowest BCUT2D eigenvalue weighted by Crippen LogP contribution is -2.01. The fourth-order valence-electron chi connectivity index (χ4n) is 5.60. The van der Waals surface area contributed by atoms with Crippen LogP contribution in [0.15, 0.2) is 140 Å². The minimum Gasteiger partial charge on any atom is -0.508 e. The third-order valence-electron chi connectivity index (χ3n) is 7.59. The predicted molar refractivity (Wildman–Crippen MR) is 170 cm³/mol. The number of aromatic hydroxyl groups is 1. The average Bonchev–Trinajstić information content (AvgIpc) is 3.60. The van der Waals surface area contributed by atoms with Gasteiger partial charge in [-0.15, -0.1) is 0 Å². The highest BCUT2D eigenvalue weighted by atomic mass is 16.3. The highest BCUT2D eigenvalue weighted by Gasteiger charge is 2.35. The first-order valence-electron chi connectivity index (χ1n) is 13.8. The third kappa shape index (κ3) is 4.52. The van der Waals surface area contributed by atoms with Gasteiger partial charge in [0.15, 0.2) is 5.78 Å². The molecule has 2 N–H and O–H groups in total. The van der Waals surface area contributed by atoms with Gasteiger partial charge in [-0.3, -0.25) is 4.79 Å². The number of hydrogen-bond acceptors (Lipinski definition) is 2. The van der Waals surface area contributed by atoms with Gasteiger partial charge in [0, 0.05) is 45.0 Å². The molecule has 1 aromatic heterocycles. The molecule has 6 aromatic rings. The van der Waals surface area contributed by atoms with Crippen molar-refractivity contribution < 1.29 is 9.90 Å². The molecule has 0 radical (unpaired) electrons. The topological polar surface area (TPSA) is 53.1 Å². The molecule has 0 atom stereocenters. The highest BCUT2D eigenvalue weighted by Crippen LogP contribution is 2.49. The Labute approximate surface area is 244 Å². The van der Waals surface area contributed by atoms with E-state index < -0.39 is 0 Å². The van der Waals surface area contributed by atoms with Crippen LogP contribution in [0.1, 0.15) is 33.4 Å². The second kappa shape index (κ2) is 10.6. The van der Waals surface area contributed by atoms with Crippen LogP contribution in [0.2, 0.25) is 0 Å². The fraction of sp³-hybridized carbons (Fsp3) is 0. The van der Waals surface area contributed by atoms with E-state index in [1.165, 1.54) is 0 Å². The number of H-pyrrole nitrogens is 1. The van der Waals surface area contributed by atoms with Gasteiger partial charge < -0.3 is 10.1 Å². The molecule has 0 unspecified atom stereocenters. The fourth-order valence-corrected chi connectivity index (χ4v) is 5.60. The normalized spacial score (nSPS) is 13.0. The van der Waals surface area contributed by atoms with Gasteiger partial charge >= 0.3 is 0 Å². The standard InChI is InChI=1S/C39H25NO2/c41-32-23-21-30(22-24-32)36-35(37(27-9-3-1-4-10-27)39(42)38(36)28-11-5-2-6-12-28)29-18-15-26(16-19-29)17-20-31-25-40-34-14-8-7-13-33(31)34/h1-16,18-19,21-25,40-41H. The maximum absolute atomic E-state index is 14.4. The Morgan fingerprint density at radius 3 is 1.60 bits per heavy atom. The van der Waals surface area contributed by atoms with Crippen molar-refractivity contribution >= 4 is 39.0 Å². The molecule has 0 spiro atoms. The van der Waals surface area contributed by atoms with Crippen molar-refractivity contribution in [2.45, 2.75) is 0 Å². The summed E-state index contributed by atoms with van der Waals surface area (Å²) in [5.41, 5.74) is 9.44. The molecule has 0 saturated carbocycles. The first-order chi connectivity index (χ1) is 20.7. The van der Waals surface area contributed by atoms with Crippen molar-refractivity contribution in [3.05, 3.63) is 173 Å². The molecule has 0 amide bonds. The van der Waals surface area contributed by atoms with Gasteiger partial charge in [-0.2, -0.15) is 0 Å². The maximum Gasteiger partial charge on any atom is 0.195 e. The molecule has 198 valence electrons. The number of hydrogen-bond donors (Lipinski definition) is 2. The predicted octanol–water partition coefficient (Wildman–Crippen LogP) is 8.38. The molecule has 1 aliphatic rings. The Bertz CT molecular complexity index is 2070. The van der Waals surface area contributed by atoms with Crippen LogP contribution in [0.5, 0.6) is 5.75 Å². The Morgan fingerprint density at radius 2 is 1.00 bits per heavy atom. The summed E-state index contributed by atoms with van der Waals surface area (Å²) in [7, 11) is 0. The van der Waals surface area contributed by atoms with Crippen molar-refractivity contribution in [2.24, 2.45) is 0 Å². The van der Waals surface area contributed by atoms with Crippen molar-refractivity contribution in [3.8, 4) is 17.6 Å². The summed E-state index contributed by atoms with van der Waals surface area (Å²) in [6.07, 6.45) is 1.94. The average molecular weight is 540 g/mol. The van der Waals surface area contributed by atoms with Crippen LogP contribution in [-0.2, 0) is 4.79 Å². The number of phenolic OH excluding ortho intramolecular Hbond substituents is 1. The van der Waals surface area contributed by atoms with Crippen LogP contribution in [0.3, 0.4) is 0 Å². The van der Waals surface area contributed by atoms with E-state index in [2.05, 4.69) is 22.9 Å². The Morgan fingerprint density at radius 1 is 0.500 bits per heavy atom. The molecule has 0 aliphatic heterocycles. The molecule has 1 aliphatic carbocycles. The van der Waals surface area contributed by atoms with Crippen molar-refractivity contribution in [1.82, 2.24) is 4.98 Å². The van der Waals surface area contributed by atoms with Crippen LogP contribution in [-0.4, -0.2) is 15.9 Å². The zero-order valence-electron chi connectivity index (χ0n) is 22.6. The van der Waals surface area contributed by atoms with E-state index in [1.807, 2.05) is 121 Å². The zero-order chi connectivity index (χ0) is 28.5. The number of Topliss-reactive ketones (excluding diaryl/α,β-unsaturated/α-hetero) is 1. The van der Waals surface area contributed by atoms with Gasteiger partial charge in [0.25, 0.3) is 0 Å². The number of ketones is 1. The summed E-state index contributed by atoms with van der Waals surface area (Å²) in [5.74, 6) is 6.76. The van der Waals surface area contributed by atoms with E-state index in [9.17, 15) is 9.90 Å². The lowest BCUT2D eigenvalue weighted by Gasteiger charge is -2.14. The van der Waals surface area contributed by atoms with Gasteiger partial charge in [-0.05, 0) is 52.6 Å². The number of aromatic nitrogens is 1. The number of nitrogens with one attached hydrogen (secondary N) is 1. The van der Waals surface area contributed by atoms with Crippen molar-refractivity contribution in [2.75, 3.05) is 0 Å². The van der Waals surface area contributed by atoms with Crippen LogP contribution >= 0.6 is 0 Å². The van der Waals surface area contributed by atoms with Crippen LogP contribution < -0.4 is 0 Å². The molecule has 3 heteroatoms. The van der Waals surface area contributed by atoms with E-state index in [-0.39, 0.29) is 11.5 Å². The second-order valence-electron chi connectivity index (χ2n) is 10.2. The van der Waals surface area contributed by atoms with E-state index in [0.717, 1.165) is 55.4 Å². The molecule has 5 aromatic carbocycles.